The molecule has 7 nitrogen and oxygen atoms in total. The Labute approximate surface area is 200 Å². The number of hydrogen-bond acceptors (Lipinski definition) is 5. The van der Waals surface area contributed by atoms with Crippen molar-refractivity contribution in [1.82, 2.24) is 19.7 Å². The molecule has 0 atom stereocenters. The highest BCUT2D eigenvalue weighted by molar-refractivity contribution is 5.98. The van der Waals surface area contributed by atoms with Crippen LogP contribution in [0, 0.1) is 10.8 Å². The van der Waals surface area contributed by atoms with Crippen LogP contribution >= 0.6 is 0 Å². The zero-order valence-electron chi connectivity index (χ0n) is 20.3. The number of ether oxygens (including phenoxy) is 1. The molecule has 2 aromatic heterocycles. The predicted molar refractivity (Wildman–Crippen MR) is 134 cm³/mol. The number of nitrogens with zero attached hydrogens (tertiary/aromatic N) is 4. The van der Waals surface area contributed by atoms with Gasteiger partial charge in [0.15, 0.2) is 0 Å². The van der Waals surface area contributed by atoms with Crippen LogP contribution in [0.25, 0.3) is 21.9 Å². The predicted octanol–water partition coefficient (Wildman–Crippen LogP) is 4.27. The van der Waals surface area contributed by atoms with E-state index in [2.05, 4.69) is 52.0 Å². The Balaban J connectivity index is 1.32. The molecule has 1 amide bonds. The average Bonchev–Trinajstić information content (AvgIpc) is 3.24. The molecule has 0 aliphatic carbocycles. The number of likely N-dealkylation sites (tertiary alicyclic amines) is 1. The second-order valence-electron chi connectivity index (χ2n) is 10.4. The number of hydrogen-bond donors (Lipinski definition) is 1. The molecule has 178 valence electrons. The quantitative estimate of drug-likeness (QED) is 0.558. The van der Waals surface area contributed by atoms with E-state index in [-0.39, 0.29) is 11.3 Å². The number of anilines is 1. The molecule has 0 unspecified atom stereocenters. The number of rotatable bonds is 6. The van der Waals surface area contributed by atoms with Gasteiger partial charge in [0.2, 0.25) is 5.91 Å². The van der Waals surface area contributed by atoms with E-state index in [1.807, 2.05) is 38.6 Å². The van der Waals surface area contributed by atoms with Gasteiger partial charge in [0, 0.05) is 42.4 Å². The van der Waals surface area contributed by atoms with E-state index in [0.717, 1.165) is 73.2 Å². The highest BCUT2D eigenvalue weighted by atomic mass is 16.5. The van der Waals surface area contributed by atoms with Crippen LogP contribution in [0.3, 0.4) is 0 Å². The topological polar surface area (TPSA) is 72.3 Å². The van der Waals surface area contributed by atoms with Crippen LogP contribution in [0.15, 0.2) is 55.0 Å². The molecule has 2 aliphatic heterocycles. The molecule has 34 heavy (non-hydrogen) atoms. The van der Waals surface area contributed by atoms with E-state index in [1.165, 1.54) is 0 Å². The van der Waals surface area contributed by atoms with Crippen LogP contribution in [0.1, 0.15) is 26.7 Å². The number of pyridine rings is 1. The fraction of sp³-hybridized carbons (Fsp3) is 0.444. The van der Waals surface area contributed by atoms with Gasteiger partial charge in [0.05, 0.1) is 24.8 Å². The first-order valence-corrected chi connectivity index (χ1v) is 11.9. The van der Waals surface area contributed by atoms with Crippen molar-refractivity contribution in [1.29, 1.82) is 0 Å². The number of piperidine rings is 1. The third-order valence-corrected chi connectivity index (χ3v) is 7.47. The Bertz CT molecular complexity index is 1230. The largest absolute Gasteiger partial charge is 0.380 e. The van der Waals surface area contributed by atoms with Gasteiger partial charge in [-0.1, -0.05) is 31.2 Å². The van der Waals surface area contributed by atoms with Gasteiger partial charge in [0.1, 0.15) is 5.82 Å². The summed E-state index contributed by atoms with van der Waals surface area (Å²) in [7, 11) is 1.91. The molecule has 2 fully saturated rings. The molecule has 0 saturated carbocycles. The summed E-state index contributed by atoms with van der Waals surface area (Å²) in [6.45, 7) is 12.9. The molecule has 0 radical (unpaired) electrons. The van der Waals surface area contributed by atoms with E-state index < -0.39 is 5.41 Å². The molecule has 2 saturated heterocycles. The Kier molecular flexibility index (Phi) is 5.78. The molecule has 3 aromatic rings. The molecule has 4 heterocycles. The van der Waals surface area contributed by atoms with Gasteiger partial charge in [0.25, 0.3) is 0 Å². The van der Waals surface area contributed by atoms with Crippen LogP contribution in [0.2, 0.25) is 0 Å². The highest BCUT2D eigenvalue weighted by Gasteiger charge is 2.44. The van der Waals surface area contributed by atoms with Gasteiger partial charge in [-0.25, -0.2) is 4.98 Å². The molecule has 1 N–H and O–H groups in total. The van der Waals surface area contributed by atoms with Gasteiger partial charge >= 0.3 is 0 Å². The number of benzene rings is 1. The van der Waals surface area contributed by atoms with E-state index >= 15 is 0 Å². The van der Waals surface area contributed by atoms with Crippen LogP contribution < -0.4 is 5.32 Å². The van der Waals surface area contributed by atoms with Crippen molar-refractivity contribution in [3.63, 3.8) is 0 Å². The van der Waals surface area contributed by atoms with E-state index in [0.29, 0.717) is 5.82 Å². The number of aryl methyl sites for hydroxylation is 1. The summed E-state index contributed by atoms with van der Waals surface area (Å²) in [6.07, 6.45) is 7.20. The summed E-state index contributed by atoms with van der Waals surface area (Å²) in [5, 5.41) is 9.44. The third-order valence-electron chi connectivity index (χ3n) is 7.47. The normalized spacial score (nSPS) is 19.5. The molecular formula is C27H33N5O2. The summed E-state index contributed by atoms with van der Waals surface area (Å²) < 4.78 is 7.20. The number of carbonyl (C=O) groups is 1. The second-order valence-corrected chi connectivity index (χ2v) is 10.4. The number of fused-ring (bicyclic) bond motifs is 1. The first kappa shape index (κ1) is 22.7. The van der Waals surface area contributed by atoms with Gasteiger partial charge in [-0.05, 0) is 55.9 Å². The second kappa shape index (κ2) is 8.64. The molecule has 0 spiro atoms. The maximum Gasteiger partial charge on any atom is 0.235 e. The summed E-state index contributed by atoms with van der Waals surface area (Å²) in [6, 6.07) is 8.18. The Morgan fingerprint density at radius 2 is 1.91 bits per heavy atom. The molecule has 0 bridgehead atoms. The van der Waals surface area contributed by atoms with Crippen molar-refractivity contribution in [2.45, 2.75) is 26.7 Å². The maximum atomic E-state index is 13.6. The van der Waals surface area contributed by atoms with Crippen LogP contribution in [0.5, 0.6) is 0 Å². The first-order chi connectivity index (χ1) is 16.3. The number of aromatic nitrogens is 3. The Morgan fingerprint density at radius 3 is 2.53 bits per heavy atom. The van der Waals surface area contributed by atoms with Crippen molar-refractivity contribution in [3.05, 3.63) is 55.0 Å². The van der Waals surface area contributed by atoms with Gasteiger partial charge < -0.3 is 15.0 Å². The third kappa shape index (κ3) is 4.26. The fourth-order valence-electron chi connectivity index (χ4n) is 5.22. The molecule has 5 rings (SSSR count). The van der Waals surface area contributed by atoms with Gasteiger partial charge in [-0.3, -0.25) is 9.48 Å². The van der Waals surface area contributed by atoms with Gasteiger partial charge in [-0.2, -0.15) is 5.10 Å². The number of amides is 1. The van der Waals surface area contributed by atoms with Gasteiger partial charge in [-0.15, -0.1) is 0 Å². The lowest BCUT2D eigenvalue weighted by atomic mass is 9.72. The SMILES string of the molecule is C=C(C)C1(C(=O)Nc2cc3cc(-c4cnn(C)c4)ccc3cn2)CCN(CC2(C)COC2)CC1. The van der Waals surface area contributed by atoms with Crippen LogP contribution in [-0.2, 0) is 16.6 Å². The van der Waals surface area contributed by atoms with E-state index in [4.69, 9.17) is 4.74 Å². The number of carbonyl (C=O) groups excluding carboxylic acids is 1. The Morgan fingerprint density at radius 1 is 1.15 bits per heavy atom. The minimum atomic E-state index is -0.568. The van der Waals surface area contributed by atoms with Crippen molar-refractivity contribution < 1.29 is 9.53 Å². The molecule has 7 heteroatoms. The molecular weight excluding hydrogens is 426 g/mol. The lowest BCUT2D eigenvalue weighted by Crippen LogP contribution is -2.53. The summed E-state index contributed by atoms with van der Waals surface area (Å²) in [5.74, 6) is 0.566. The minimum Gasteiger partial charge on any atom is -0.380 e. The first-order valence-electron chi connectivity index (χ1n) is 11.9. The van der Waals surface area contributed by atoms with E-state index in [1.54, 1.807) is 4.68 Å². The minimum absolute atomic E-state index is 0.00639. The summed E-state index contributed by atoms with van der Waals surface area (Å²) in [4.78, 5) is 20.5. The molecule has 1 aromatic carbocycles. The Hall–Kier alpha value is -3.03. The summed E-state index contributed by atoms with van der Waals surface area (Å²) in [5.41, 5.74) is 2.74. The van der Waals surface area contributed by atoms with Crippen LogP contribution in [0.4, 0.5) is 5.82 Å². The maximum absolute atomic E-state index is 13.6. The highest BCUT2D eigenvalue weighted by Crippen LogP contribution is 2.40. The number of nitrogens with one attached hydrogen (secondary N) is 1. The van der Waals surface area contributed by atoms with E-state index in [9.17, 15) is 4.79 Å². The fourth-order valence-corrected chi connectivity index (χ4v) is 5.22. The van der Waals surface area contributed by atoms with Crippen LogP contribution in [-0.4, -0.2) is 58.4 Å². The lowest BCUT2D eigenvalue weighted by molar-refractivity contribution is -0.130. The van der Waals surface area contributed by atoms with Crippen molar-refractivity contribution in [3.8, 4) is 11.1 Å². The van der Waals surface area contributed by atoms with Crippen molar-refractivity contribution in [2.24, 2.45) is 17.9 Å². The standard InChI is InChI=1S/C27H33N5O2/c1-19(2)27(7-9-32(10-8-27)16-26(3)17-34-18-26)25(33)30-24-12-22-11-20(5-6-21(22)13-28-24)23-14-29-31(4)15-23/h5-6,11-15H,1,7-10,16-18H2,2-4H3,(H,28,30,33). The average molecular weight is 460 g/mol. The zero-order valence-corrected chi connectivity index (χ0v) is 20.3. The summed E-state index contributed by atoms with van der Waals surface area (Å²) >= 11 is 0. The molecule has 2 aliphatic rings. The van der Waals surface area contributed by atoms with Crippen molar-refractivity contribution in [2.75, 3.05) is 38.2 Å². The van der Waals surface area contributed by atoms with Crippen molar-refractivity contribution >= 4 is 22.5 Å². The lowest BCUT2D eigenvalue weighted by Gasteiger charge is -2.46. The smallest absolute Gasteiger partial charge is 0.235 e. The zero-order chi connectivity index (χ0) is 23.9. The monoisotopic (exact) mass is 459 g/mol.